The number of likely N-dealkylation sites (N-methyl/N-ethyl adjacent to an activating group) is 1. The van der Waals surface area contributed by atoms with E-state index in [0.29, 0.717) is 6.04 Å². The van der Waals surface area contributed by atoms with Crippen LogP contribution in [-0.2, 0) is 6.42 Å². The van der Waals surface area contributed by atoms with Crippen LogP contribution in [0.5, 0.6) is 0 Å². The zero-order chi connectivity index (χ0) is 13.1. The Morgan fingerprint density at radius 1 is 1.33 bits per heavy atom. The Labute approximate surface area is 121 Å². The van der Waals surface area contributed by atoms with Gasteiger partial charge >= 0.3 is 0 Å². The van der Waals surface area contributed by atoms with Crippen molar-refractivity contribution >= 4 is 27.3 Å². The van der Waals surface area contributed by atoms with E-state index >= 15 is 0 Å². The van der Waals surface area contributed by atoms with Crippen LogP contribution in [0.15, 0.2) is 29.0 Å². The molecule has 1 atom stereocenters. The second-order valence-corrected chi connectivity index (χ2v) is 6.65. The van der Waals surface area contributed by atoms with Crippen LogP contribution in [0.3, 0.4) is 0 Å². The molecular formula is C14H17BrN2S. The van der Waals surface area contributed by atoms with Crippen molar-refractivity contribution in [3.05, 3.63) is 49.9 Å². The summed E-state index contributed by atoms with van der Waals surface area (Å²) in [5.74, 6) is 0. The Hall–Kier alpha value is -0.710. The highest BCUT2D eigenvalue weighted by Gasteiger charge is 2.14. The third-order valence-electron chi connectivity index (χ3n) is 3.08. The summed E-state index contributed by atoms with van der Waals surface area (Å²) in [6.07, 6.45) is 4.71. The molecule has 0 saturated heterocycles. The lowest BCUT2D eigenvalue weighted by Gasteiger charge is -2.14. The van der Waals surface area contributed by atoms with E-state index in [1.807, 2.05) is 30.8 Å². The van der Waals surface area contributed by atoms with Crippen LogP contribution in [0.2, 0.25) is 0 Å². The third kappa shape index (κ3) is 3.19. The number of hydrogen-bond acceptors (Lipinski definition) is 3. The quantitative estimate of drug-likeness (QED) is 0.918. The number of aromatic nitrogens is 1. The summed E-state index contributed by atoms with van der Waals surface area (Å²) in [4.78, 5) is 7.01. The van der Waals surface area contributed by atoms with Crippen molar-refractivity contribution in [2.45, 2.75) is 26.3 Å². The van der Waals surface area contributed by atoms with Crippen molar-refractivity contribution in [3.63, 3.8) is 0 Å². The predicted molar refractivity (Wildman–Crippen MR) is 81.2 cm³/mol. The van der Waals surface area contributed by atoms with Crippen LogP contribution < -0.4 is 5.32 Å². The van der Waals surface area contributed by atoms with E-state index in [9.17, 15) is 0 Å². The Kier molecular flexibility index (Phi) is 4.54. The van der Waals surface area contributed by atoms with Crippen molar-refractivity contribution in [3.8, 4) is 0 Å². The van der Waals surface area contributed by atoms with Gasteiger partial charge < -0.3 is 5.32 Å². The zero-order valence-electron chi connectivity index (χ0n) is 10.8. The molecule has 1 N–H and O–H groups in total. The molecule has 2 aromatic heterocycles. The summed E-state index contributed by atoms with van der Waals surface area (Å²) in [6, 6.07) is 4.77. The topological polar surface area (TPSA) is 24.9 Å². The van der Waals surface area contributed by atoms with E-state index < -0.39 is 0 Å². The minimum Gasteiger partial charge on any atom is -0.312 e. The number of nitrogens with zero attached hydrogens (tertiary/aromatic N) is 1. The van der Waals surface area contributed by atoms with Crippen molar-refractivity contribution < 1.29 is 0 Å². The number of nitrogens with one attached hydrogen (secondary N) is 1. The fourth-order valence-electron chi connectivity index (χ4n) is 1.92. The highest BCUT2D eigenvalue weighted by atomic mass is 79.9. The van der Waals surface area contributed by atoms with Gasteiger partial charge in [-0.3, -0.25) is 4.98 Å². The largest absolute Gasteiger partial charge is 0.312 e. The molecule has 0 aliphatic heterocycles. The molecule has 0 bridgehead atoms. The molecule has 0 amide bonds. The molecule has 0 spiro atoms. The molecule has 0 aliphatic carbocycles. The first-order valence-corrected chi connectivity index (χ1v) is 7.54. The predicted octanol–water partition coefficient (Wildman–Crippen LogP) is 4.03. The van der Waals surface area contributed by atoms with Crippen LogP contribution in [0, 0.1) is 13.8 Å². The van der Waals surface area contributed by atoms with Gasteiger partial charge in [-0.1, -0.05) is 0 Å². The average molecular weight is 325 g/mol. The molecule has 2 aromatic rings. The summed E-state index contributed by atoms with van der Waals surface area (Å²) in [5.41, 5.74) is 2.62. The van der Waals surface area contributed by atoms with Gasteiger partial charge in [0.15, 0.2) is 0 Å². The molecule has 96 valence electrons. The van der Waals surface area contributed by atoms with Gasteiger partial charge in [0, 0.05) is 32.7 Å². The van der Waals surface area contributed by atoms with Crippen LogP contribution in [0.1, 0.15) is 26.9 Å². The molecule has 2 nitrogen and oxygen atoms in total. The lowest BCUT2D eigenvalue weighted by Crippen LogP contribution is -2.17. The van der Waals surface area contributed by atoms with Crippen molar-refractivity contribution in [2.75, 3.05) is 7.05 Å². The Morgan fingerprint density at radius 3 is 2.67 bits per heavy atom. The first-order valence-electron chi connectivity index (χ1n) is 5.93. The first-order chi connectivity index (χ1) is 8.60. The van der Waals surface area contributed by atoms with Crippen LogP contribution in [-0.4, -0.2) is 12.0 Å². The molecule has 2 heterocycles. The normalized spacial score (nSPS) is 12.7. The van der Waals surface area contributed by atoms with E-state index in [-0.39, 0.29) is 0 Å². The average Bonchev–Trinajstić information content (AvgIpc) is 2.66. The molecule has 0 aromatic carbocycles. The maximum atomic E-state index is 4.22. The fourth-order valence-corrected chi connectivity index (χ4v) is 3.49. The van der Waals surface area contributed by atoms with Crippen LogP contribution in [0.4, 0.5) is 0 Å². The fraction of sp³-hybridized carbons (Fsp3) is 0.357. The van der Waals surface area contributed by atoms with Gasteiger partial charge in [-0.15, -0.1) is 11.3 Å². The summed E-state index contributed by atoms with van der Waals surface area (Å²) in [6.45, 7) is 4.35. The van der Waals surface area contributed by atoms with E-state index in [0.717, 1.165) is 10.9 Å². The minimum atomic E-state index is 0.360. The minimum absolute atomic E-state index is 0.360. The molecule has 0 fully saturated rings. The molecule has 1 unspecified atom stereocenters. The highest BCUT2D eigenvalue weighted by molar-refractivity contribution is 9.10. The highest BCUT2D eigenvalue weighted by Crippen LogP contribution is 2.28. The SMILES string of the molecule is CNC(Cc1cncc(Br)c1)c1cc(C)c(C)s1. The summed E-state index contributed by atoms with van der Waals surface area (Å²) >= 11 is 5.34. The molecule has 0 aliphatic rings. The number of halogens is 1. The molecule has 0 radical (unpaired) electrons. The number of pyridine rings is 1. The smallest absolute Gasteiger partial charge is 0.0454 e. The lowest BCUT2D eigenvalue weighted by molar-refractivity contribution is 0.601. The molecule has 0 saturated carbocycles. The molecule has 4 heteroatoms. The second-order valence-electron chi connectivity index (χ2n) is 4.44. The Balaban J connectivity index is 2.19. The zero-order valence-corrected chi connectivity index (χ0v) is 13.2. The third-order valence-corrected chi connectivity index (χ3v) is 4.78. The van der Waals surface area contributed by atoms with Gasteiger partial charge in [0.05, 0.1) is 0 Å². The van der Waals surface area contributed by atoms with E-state index in [2.05, 4.69) is 52.2 Å². The first kappa shape index (κ1) is 13.7. The maximum absolute atomic E-state index is 4.22. The van der Waals surface area contributed by atoms with E-state index in [4.69, 9.17) is 0 Å². The van der Waals surface area contributed by atoms with Gasteiger partial charge in [-0.25, -0.2) is 0 Å². The van der Waals surface area contributed by atoms with Gasteiger partial charge in [0.2, 0.25) is 0 Å². The lowest BCUT2D eigenvalue weighted by atomic mass is 10.1. The Bertz CT molecular complexity index is 517. The van der Waals surface area contributed by atoms with Crippen molar-refractivity contribution in [1.82, 2.24) is 10.3 Å². The van der Waals surface area contributed by atoms with Crippen molar-refractivity contribution in [1.29, 1.82) is 0 Å². The summed E-state index contributed by atoms with van der Waals surface area (Å²) in [5, 5.41) is 3.39. The number of hydrogen-bond donors (Lipinski definition) is 1. The maximum Gasteiger partial charge on any atom is 0.0454 e. The monoisotopic (exact) mass is 324 g/mol. The van der Waals surface area contributed by atoms with Gasteiger partial charge in [0.1, 0.15) is 0 Å². The summed E-state index contributed by atoms with van der Waals surface area (Å²) < 4.78 is 1.04. The molecule has 18 heavy (non-hydrogen) atoms. The second kappa shape index (κ2) is 5.95. The number of aryl methyl sites for hydroxylation is 2. The summed E-state index contributed by atoms with van der Waals surface area (Å²) in [7, 11) is 2.01. The Morgan fingerprint density at radius 2 is 2.11 bits per heavy atom. The standard InChI is InChI=1S/C14H17BrN2S/c1-9-4-14(18-10(9)2)13(16-3)6-11-5-12(15)8-17-7-11/h4-5,7-8,13,16H,6H2,1-3H3. The molecular weight excluding hydrogens is 308 g/mol. The van der Waals surface area contributed by atoms with E-state index in [1.165, 1.54) is 20.9 Å². The van der Waals surface area contributed by atoms with Gasteiger partial charge in [-0.05, 0) is 66.5 Å². The number of thiophene rings is 1. The van der Waals surface area contributed by atoms with Crippen LogP contribution in [0.25, 0.3) is 0 Å². The van der Waals surface area contributed by atoms with Crippen LogP contribution >= 0.6 is 27.3 Å². The van der Waals surface area contributed by atoms with Crippen molar-refractivity contribution in [2.24, 2.45) is 0 Å². The van der Waals surface area contributed by atoms with Gasteiger partial charge in [0.25, 0.3) is 0 Å². The van der Waals surface area contributed by atoms with Gasteiger partial charge in [-0.2, -0.15) is 0 Å². The van der Waals surface area contributed by atoms with E-state index in [1.54, 1.807) is 0 Å². The number of rotatable bonds is 4. The molecule has 2 rings (SSSR count).